The number of aromatic nitrogens is 2. The molecule has 150 valence electrons. The van der Waals surface area contributed by atoms with Gasteiger partial charge in [-0.15, -0.1) is 0 Å². The molecule has 1 heterocycles. The minimum Gasteiger partial charge on any atom is -0.343 e. The molecule has 0 spiro atoms. The third kappa shape index (κ3) is 6.02. The average molecular weight is 391 g/mol. The zero-order chi connectivity index (χ0) is 20.6. The number of anilines is 1. The van der Waals surface area contributed by atoms with Crippen molar-refractivity contribution in [3.8, 4) is 11.1 Å². The van der Waals surface area contributed by atoms with Crippen molar-refractivity contribution in [3.63, 3.8) is 0 Å². The van der Waals surface area contributed by atoms with Crippen LogP contribution in [0.2, 0.25) is 0 Å². The Morgan fingerprint density at radius 3 is 2.38 bits per heavy atom. The van der Waals surface area contributed by atoms with E-state index in [0.717, 1.165) is 24.2 Å². The summed E-state index contributed by atoms with van der Waals surface area (Å²) in [6.45, 7) is 1.48. The summed E-state index contributed by atoms with van der Waals surface area (Å²) in [7, 11) is 3.98. The topological polar surface area (TPSA) is 79.3 Å². The van der Waals surface area contributed by atoms with Gasteiger partial charge in [0.1, 0.15) is 0 Å². The molecular weight excluding hydrogens is 366 g/mol. The van der Waals surface area contributed by atoms with Gasteiger partial charge in [0, 0.05) is 18.3 Å². The summed E-state index contributed by atoms with van der Waals surface area (Å²) in [5.74, 6) is -0.590. The van der Waals surface area contributed by atoms with Crippen molar-refractivity contribution in [2.75, 3.05) is 32.5 Å². The molecule has 0 aliphatic carbocycles. The van der Waals surface area contributed by atoms with Gasteiger partial charge in [0.15, 0.2) is 0 Å². The number of amides is 2. The molecule has 0 aliphatic heterocycles. The molecule has 2 amide bonds. The van der Waals surface area contributed by atoms with Gasteiger partial charge in [-0.3, -0.25) is 14.3 Å². The number of nitrogens with one attached hydrogen (secondary N) is 2. The van der Waals surface area contributed by atoms with E-state index in [9.17, 15) is 9.59 Å². The van der Waals surface area contributed by atoms with E-state index < -0.39 is 0 Å². The Morgan fingerprint density at radius 2 is 1.69 bits per heavy atom. The number of rotatable bonds is 8. The molecule has 29 heavy (non-hydrogen) atoms. The fourth-order valence-corrected chi connectivity index (χ4v) is 2.77. The molecule has 0 saturated carbocycles. The summed E-state index contributed by atoms with van der Waals surface area (Å²) in [5, 5.41) is 9.58. The second-order valence-corrected chi connectivity index (χ2v) is 6.97. The monoisotopic (exact) mass is 391 g/mol. The van der Waals surface area contributed by atoms with Crippen LogP contribution in [0.5, 0.6) is 0 Å². The Kier molecular flexibility index (Phi) is 6.76. The van der Waals surface area contributed by atoms with Crippen molar-refractivity contribution in [2.45, 2.75) is 6.54 Å². The van der Waals surface area contributed by atoms with Gasteiger partial charge in [-0.2, -0.15) is 5.10 Å². The molecule has 0 radical (unpaired) electrons. The van der Waals surface area contributed by atoms with E-state index in [2.05, 4.69) is 20.6 Å². The van der Waals surface area contributed by atoms with E-state index in [-0.39, 0.29) is 18.4 Å². The summed E-state index contributed by atoms with van der Waals surface area (Å²) in [5.41, 5.74) is 3.24. The van der Waals surface area contributed by atoms with Crippen molar-refractivity contribution in [1.29, 1.82) is 0 Å². The van der Waals surface area contributed by atoms with Crippen LogP contribution in [0.15, 0.2) is 67.0 Å². The molecule has 3 aromatic rings. The van der Waals surface area contributed by atoms with Crippen LogP contribution in [0, 0.1) is 0 Å². The minimum absolute atomic E-state index is 0.109. The number of carbonyl (C=O) groups is 2. The molecule has 0 saturated heterocycles. The Hall–Kier alpha value is -3.45. The highest BCUT2D eigenvalue weighted by Crippen LogP contribution is 2.19. The van der Waals surface area contributed by atoms with Crippen LogP contribution < -0.4 is 10.6 Å². The van der Waals surface area contributed by atoms with Crippen LogP contribution >= 0.6 is 0 Å². The molecule has 2 aromatic carbocycles. The summed E-state index contributed by atoms with van der Waals surface area (Å²) >= 11 is 0. The number of hydrogen-bond acceptors (Lipinski definition) is 4. The lowest BCUT2D eigenvalue weighted by atomic mass is 10.0. The molecule has 0 aliphatic rings. The fourth-order valence-electron chi connectivity index (χ4n) is 2.77. The molecule has 0 bridgehead atoms. The van der Waals surface area contributed by atoms with E-state index in [1.165, 1.54) is 0 Å². The maximum atomic E-state index is 12.3. The fraction of sp³-hybridized carbons (Fsp3) is 0.227. The zero-order valence-electron chi connectivity index (χ0n) is 16.6. The van der Waals surface area contributed by atoms with E-state index in [1.54, 1.807) is 29.2 Å². The largest absolute Gasteiger partial charge is 0.343 e. The predicted octanol–water partition coefficient (Wildman–Crippen LogP) is 2.48. The lowest BCUT2D eigenvalue weighted by Gasteiger charge is -2.08. The maximum Gasteiger partial charge on any atom is 0.251 e. The van der Waals surface area contributed by atoms with Gasteiger partial charge in [0.05, 0.1) is 25.0 Å². The van der Waals surface area contributed by atoms with Gasteiger partial charge in [-0.05, 0) is 37.4 Å². The predicted molar refractivity (Wildman–Crippen MR) is 114 cm³/mol. The first-order valence-corrected chi connectivity index (χ1v) is 9.42. The molecular formula is C22H25N5O2. The molecule has 0 unspecified atom stereocenters. The van der Waals surface area contributed by atoms with Gasteiger partial charge < -0.3 is 15.5 Å². The lowest BCUT2D eigenvalue weighted by Crippen LogP contribution is -2.32. The van der Waals surface area contributed by atoms with Gasteiger partial charge >= 0.3 is 0 Å². The highest BCUT2D eigenvalue weighted by atomic mass is 16.2. The standard InChI is InChI=1S/C22H25N5O2/c1-26(2)12-13-27-16-20(14-24-27)25-21(28)15-23-22(29)19-10-8-18(9-11-19)17-6-4-3-5-7-17/h3-11,14,16H,12-13,15H2,1-2H3,(H,23,29)(H,25,28). The van der Waals surface area contributed by atoms with Crippen LogP contribution in [0.4, 0.5) is 5.69 Å². The molecule has 1 aromatic heterocycles. The van der Waals surface area contributed by atoms with Crippen molar-refractivity contribution in [2.24, 2.45) is 0 Å². The third-order valence-electron chi connectivity index (χ3n) is 4.36. The highest BCUT2D eigenvalue weighted by Gasteiger charge is 2.10. The highest BCUT2D eigenvalue weighted by molar-refractivity contribution is 5.99. The number of hydrogen-bond donors (Lipinski definition) is 2. The molecule has 7 nitrogen and oxygen atoms in total. The molecule has 3 rings (SSSR count). The number of likely N-dealkylation sites (N-methyl/N-ethyl adjacent to an activating group) is 1. The lowest BCUT2D eigenvalue weighted by molar-refractivity contribution is -0.115. The normalized spacial score (nSPS) is 10.7. The summed E-state index contributed by atoms with van der Waals surface area (Å²) < 4.78 is 1.77. The van der Waals surface area contributed by atoms with Crippen molar-refractivity contribution >= 4 is 17.5 Å². The Balaban J connectivity index is 1.48. The van der Waals surface area contributed by atoms with E-state index in [0.29, 0.717) is 11.3 Å². The molecule has 7 heteroatoms. The van der Waals surface area contributed by atoms with E-state index in [1.807, 2.05) is 56.6 Å². The maximum absolute atomic E-state index is 12.3. The Morgan fingerprint density at radius 1 is 1.00 bits per heavy atom. The van der Waals surface area contributed by atoms with E-state index in [4.69, 9.17) is 0 Å². The second-order valence-electron chi connectivity index (χ2n) is 6.97. The third-order valence-corrected chi connectivity index (χ3v) is 4.36. The van der Waals surface area contributed by atoms with Gasteiger partial charge in [-0.1, -0.05) is 42.5 Å². The summed E-state index contributed by atoms with van der Waals surface area (Å²) in [6.07, 6.45) is 3.36. The summed E-state index contributed by atoms with van der Waals surface area (Å²) in [6, 6.07) is 17.2. The number of carbonyl (C=O) groups excluding carboxylic acids is 2. The smallest absolute Gasteiger partial charge is 0.251 e. The zero-order valence-corrected chi connectivity index (χ0v) is 16.6. The van der Waals surface area contributed by atoms with Crippen LogP contribution in [0.3, 0.4) is 0 Å². The van der Waals surface area contributed by atoms with Gasteiger partial charge in [0.25, 0.3) is 5.91 Å². The quantitative estimate of drug-likeness (QED) is 0.618. The van der Waals surface area contributed by atoms with Crippen LogP contribution in [-0.2, 0) is 11.3 Å². The van der Waals surface area contributed by atoms with Crippen molar-refractivity contribution < 1.29 is 9.59 Å². The first kappa shape index (κ1) is 20.3. The van der Waals surface area contributed by atoms with Gasteiger partial charge in [-0.25, -0.2) is 0 Å². The van der Waals surface area contributed by atoms with Crippen LogP contribution in [0.25, 0.3) is 11.1 Å². The average Bonchev–Trinajstić information content (AvgIpc) is 3.18. The number of nitrogens with zero attached hydrogens (tertiary/aromatic N) is 3. The van der Waals surface area contributed by atoms with Crippen molar-refractivity contribution in [3.05, 3.63) is 72.6 Å². The summed E-state index contributed by atoms with van der Waals surface area (Å²) in [4.78, 5) is 26.4. The van der Waals surface area contributed by atoms with Crippen LogP contribution in [-0.4, -0.2) is 53.7 Å². The Labute approximate surface area is 170 Å². The molecule has 2 N–H and O–H groups in total. The molecule has 0 fully saturated rings. The van der Waals surface area contributed by atoms with Gasteiger partial charge in [0.2, 0.25) is 5.91 Å². The van der Waals surface area contributed by atoms with Crippen molar-refractivity contribution in [1.82, 2.24) is 20.0 Å². The van der Waals surface area contributed by atoms with Crippen LogP contribution in [0.1, 0.15) is 10.4 Å². The SMILES string of the molecule is CN(C)CCn1cc(NC(=O)CNC(=O)c2ccc(-c3ccccc3)cc2)cn1. The molecule has 0 atom stereocenters. The Bertz CT molecular complexity index is 949. The minimum atomic E-state index is -0.300. The first-order chi connectivity index (χ1) is 14.0. The second kappa shape index (κ2) is 9.66. The van der Waals surface area contributed by atoms with E-state index >= 15 is 0 Å². The first-order valence-electron chi connectivity index (χ1n) is 9.42. The number of benzene rings is 2.